The summed E-state index contributed by atoms with van der Waals surface area (Å²) >= 11 is 18.1. The van der Waals surface area contributed by atoms with Crippen LogP contribution in [0.25, 0.3) is 0 Å². The molecule has 0 fully saturated rings. The third-order valence-electron chi connectivity index (χ3n) is 3.51. The first-order valence-corrected chi connectivity index (χ1v) is 9.20. The fraction of sp³-hybridized carbons (Fsp3) is 0.438. The number of hydrogen-bond donors (Lipinski definition) is 2. The van der Waals surface area contributed by atoms with Gasteiger partial charge in [0.1, 0.15) is 19.0 Å². The summed E-state index contributed by atoms with van der Waals surface area (Å²) in [6, 6.07) is 3.18. The zero-order chi connectivity index (χ0) is 19.1. The maximum Gasteiger partial charge on any atom is 0.191 e. The Hall–Kier alpha value is -1.70. The minimum atomic E-state index is 0.356. The van der Waals surface area contributed by atoms with E-state index < -0.39 is 0 Å². The highest BCUT2D eigenvalue weighted by Crippen LogP contribution is 2.35. The van der Waals surface area contributed by atoms with Gasteiger partial charge in [0.2, 0.25) is 0 Å². The van der Waals surface area contributed by atoms with Crippen LogP contribution in [0, 0.1) is 6.92 Å². The molecular weight excluding hydrogens is 399 g/mol. The van der Waals surface area contributed by atoms with E-state index in [4.69, 9.17) is 39.5 Å². The normalized spacial score (nSPS) is 11.5. The number of ether oxygens (including phenoxy) is 1. The van der Waals surface area contributed by atoms with E-state index in [1.807, 2.05) is 25.5 Å². The van der Waals surface area contributed by atoms with Crippen LogP contribution in [0.5, 0.6) is 5.75 Å². The predicted molar refractivity (Wildman–Crippen MR) is 106 cm³/mol. The van der Waals surface area contributed by atoms with Gasteiger partial charge in [-0.15, -0.1) is 10.2 Å². The summed E-state index contributed by atoms with van der Waals surface area (Å²) in [6.45, 7) is 5.91. The SMILES string of the molecule is CCNC(=NCc1nnc(C)n1C)NCCOc1c(Cl)cc(Cl)cc1Cl. The van der Waals surface area contributed by atoms with Crippen molar-refractivity contribution in [1.82, 2.24) is 25.4 Å². The number of aromatic nitrogens is 3. The van der Waals surface area contributed by atoms with E-state index in [1.165, 1.54) is 0 Å². The second-order valence-electron chi connectivity index (χ2n) is 5.39. The highest BCUT2D eigenvalue weighted by atomic mass is 35.5. The summed E-state index contributed by atoms with van der Waals surface area (Å²) in [4.78, 5) is 4.50. The Kier molecular flexibility index (Phi) is 7.81. The summed E-state index contributed by atoms with van der Waals surface area (Å²) in [6.07, 6.45) is 0. The van der Waals surface area contributed by atoms with E-state index in [0.29, 0.717) is 46.5 Å². The molecule has 1 heterocycles. The van der Waals surface area contributed by atoms with Crippen molar-refractivity contribution in [3.05, 3.63) is 38.8 Å². The summed E-state index contributed by atoms with van der Waals surface area (Å²) in [5.74, 6) is 2.70. The summed E-state index contributed by atoms with van der Waals surface area (Å²) in [5.41, 5.74) is 0. The molecule has 10 heteroatoms. The molecule has 0 radical (unpaired) electrons. The van der Waals surface area contributed by atoms with Gasteiger partial charge in [-0.25, -0.2) is 4.99 Å². The van der Waals surface area contributed by atoms with Gasteiger partial charge in [-0.2, -0.15) is 0 Å². The Bertz CT molecular complexity index is 754. The van der Waals surface area contributed by atoms with E-state index in [1.54, 1.807) is 12.1 Å². The Morgan fingerprint density at radius 2 is 1.88 bits per heavy atom. The van der Waals surface area contributed by atoms with Crippen LogP contribution in [0.3, 0.4) is 0 Å². The molecule has 0 amide bonds. The molecule has 0 saturated carbocycles. The molecule has 2 N–H and O–H groups in total. The van der Waals surface area contributed by atoms with Crippen LogP contribution in [0.15, 0.2) is 17.1 Å². The van der Waals surface area contributed by atoms with Gasteiger partial charge in [-0.1, -0.05) is 34.8 Å². The van der Waals surface area contributed by atoms with Crippen LogP contribution in [-0.2, 0) is 13.6 Å². The first kappa shape index (κ1) is 20.6. The number of guanidine groups is 1. The van der Waals surface area contributed by atoms with Gasteiger partial charge in [-0.3, -0.25) is 0 Å². The molecule has 0 spiro atoms. The molecule has 26 heavy (non-hydrogen) atoms. The van der Waals surface area contributed by atoms with Crippen molar-refractivity contribution in [2.24, 2.45) is 12.0 Å². The van der Waals surface area contributed by atoms with Gasteiger partial charge >= 0.3 is 0 Å². The lowest BCUT2D eigenvalue weighted by Gasteiger charge is -2.13. The molecule has 7 nitrogen and oxygen atoms in total. The molecule has 0 aliphatic heterocycles. The van der Waals surface area contributed by atoms with Crippen molar-refractivity contribution in [3.63, 3.8) is 0 Å². The van der Waals surface area contributed by atoms with E-state index in [2.05, 4.69) is 25.8 Å². The fourth-order valence-electron chi connectivity index (χ4n) is 2.07. The number of hydrogen-bond acceptors (Lipinski definition) is 4. The van der Waals surface area contributed by atoms with Crippen molar-refractivity contribution in [1.29, 1.82) is 0 Å². The smallest absolute Gasteiger partial charge is 0.191 e. The molecule has 142 valence electrons. The standard InChI is InChI=1S/C16H21Cl3N6O/c1-4-20-16(22-9-14-24-23-10(2)25(14)3)21-5-6-26-15-12(18)7-11(17)8-13(15)19/h7-8H,4-6,9H2,1-3H3,(H2,20,21,22). The molecule has 0 aliphatic rings. The fourth-order valence-corrected chi connectivity index (χ4v) is 3.00. The Balaban J connectivity index is 1.88. The molecule has 2 aromatic rings. The average molecular weight is 420 g/mol. The molecule has 2 rings (SSSR count). The highest BCUT2D eigenvalue weighted by molar-refractivity contribution is 6.40. The topological polar surface area (TPSA) is 76.4 Å². The summed E-state index contributed by atoms with van der Waals surface area (Å²) < 4.78 is 7.55. The second-order valence-corrected chi connectivity index (χ2v) is 6.64. The van der Waals surface area contributed by atoms with Crippen molar-refractivity contribution in [3.8, 4) is 5.75 Å². The van der Waals surface area contributed by atoms with Crippen molar-refractivity contribution in [2.45, 2.75) is 20.4 Å². The molecule has 1 aromatic carbocycles. The van der Waals surface area contributed by atoms with E-state index >= 15 is 0 Å². The predicted octanol–water partition coefficient (Wildman–Crippen LogP) is 3.22. The van der Waals surface area contributed by atoms with Crippen LogP contribution in [0.1, 0.15) is 18.6 Å². The number of rotatable bonds is 7. The van der Waals surface area contributed by atoms with Gasteiger partial charge < -0.3 is 19.9 Å². The minimum Gasteiger partial charge on any atom is -0.489 e. The third kappa shape index (κ3) is 5.65. The number of nitrogens with one attached hydrogen (secondary N) is 2. The number of halogens is 3. The Labute approximate surface area is 167 Å². The van der Waals surface area contributed by atoms with Gasteiger partial charge in [0, 0.05) is 18.6 Å². The Morgan fingerprint density at radius 1 is 1.19 bits per heavy atom. The zero-order valence-corrected chi connectivity index (χ0v) is 17.1. The lowest BCUT2D eigenvalue weighted by atomic mass is 10.3. The quantitative estimate of drug-likeness (QED) is 0.409. The largest absolute Gasteiger partial charge is 0.489 e. The number of aliphatic imine (C=N–C) groups is 1. The third-order valence-corrected chi connectivity index (χ3v) is 4.29. The average Bonchev–Trinajstić information content (AvgIpc) is 2.89. The number of aryl methyl sites for hydroxylation is 1. The van der Waals surface area contributed by atoms with E-state index in [0.717, 1.165) is 18.2 Å². The van der Waals surface area contributed by atoms with Gasteiger partial charge in [0.25, 0.3) is 0 Å². The van der Waals surface area contributed by atoms with E-state index in [9.17, 15) is 0 Å². The minimum absolute atomic E-state index is 0.356. The summed E-state index contributed by atoms with van der Waals surface area (Å²) in [5, 5.41) is 15.7. The Morgan fingerprint density at radius 3 is 2.46 bits per heavy atom. The first-order valence-electron chi connectivity index (χ1n) is 8.06. The van der Waals surface area contributed by atoms with E-state index in [-0.39, 0.29) is 0 Å². The van der Waals surface area contributed by atoms with Crippen molar-refractivity contribution >= 4 is 40.8 Å². The molecule has 0 atom stereocenters. The second kappa shape index (κ2) is 9.85. The van der Waals surface area contributed by atoms with Crippen molar-refractivity contribution in [2.75, 3.05) is 19.7 Å². The molecule has 0 bridgehead atoms. The van der Waals surface area contributed by atoms with Crippen LogP contribution < -0.4 is 15.4 Å². The van der Waals surface area contributed by atoms with Crippen molar-refractivity contribution < 1.29 is 4.74 Å². The maximum absolute atomic E-state index is 6.09. The zero-order valence-electron chi connectivity index (χ0n) is 14.8. The van der Waals surface area contributed by atoms with Gasteiger partial charge in [0.05, 0.1) is 16.6 Å². The molecular formula is C16H21Cl3N6O. The van der Waals surface area contributed by atoms with Crippen LogP contribution in [0.2, 0.25) is 15.1 Å². The molecule has 1 aromatic heterocycles. The van der Waals surface area contributed by atoms with Gasteiger partial charge in [0.15, 0.2) is 17.5 Å². The first-order chi connectivity index (χ1) is 12.4. The number of nitrogens with zero attached hydrogens (tertiary/aromatic N) is 4. The van der Waals surface area contributed by atoms with Crippen LogP contribution in [-0.4, -0.2) is 40.4 Å². The van der Waals surface area contributed by atoms with Gasteiger partial charge in [-0.05, 0) is 26.0 Å². The lowest BCUT2D eigenvalue weighted by Crippen LogP contribution is -2.39. The van der Waals surface area contributed by atoms with Crippen LogP contribution in [0.4, 0.5) is 0 Å². The summed E-state index contributed by atoms with van der Waals surface area (Å²) in [7, 11) is 1.91. The molecule has 0 saturated heterocycles. The monoisotopic (exact) mass is 418 g/mol. The number of benzene rings is 1. The molecule has 0 unspecified atom stereocenters. The maximum atomic E-state index is 6.09. The lowest BCUT2D eigenvalue weighted by molar-refractivity contribution is 0.322. The molecule has 0 aliphatic carbocycles. The highest BCUT2D eigenvalue weighted by Gasteiger charge is 2.09. The van der Waals surface area contributed by atoms with Crippen LogP contribution >= 0.6 is 34.8 Å².